The first kappa shape index (κ1) is 12.8. The summed E-state index contributed by atoms with van der Waals surface area (Å²) in [5.41, 5.74) is 8.33. The van der Waals surface area contributed by atoms with Gasteiger partial charge in [-0.25, -0.2) is 4.98 Å². The van der Waals surface area contributed by atoms with E-state index in [4.69, 9.17) is 22.1 Å². The minimum atomic E-state index is 0.275. The first-order valence-corrected chi connectivity index (χ1v) is 5.94. The van der Waals surface area contributed by atoms with Gasteiger partial charge in [0.25, 0.3) is 0 Å². The van der Waals surface area contributed by atoms with Crippen molar-refractivity contribution in [2.24, 2.45) is 5.73 Å². The Labute approximate surface area is 111 Å². The van der Waals surface area contributed by atoms with E-state index < -0.39 is 0 Å². The molecule has 0 bridgehead atoms. The standard InChI is InChI=1S/C13H14ClN3O/c1-8-3-4-11(14)12(5-8)18-13-16-7-10(6-15)9(2)17-13/h3-5,7H,6,15H2,1-2H3. The van der Waals surface area contributed by atoms with Crippen molar-refractivity contribution in [3.8, 4) is 11.8 Å². The molecule has 0 saturated heterocycles. The lowest BCUT2D eigenvalue weighted by atomic mass is 10.2. The number of rotatable bonds is 3. The third-order valence-electron chi connectivity index (χ3n) is 2.57. The summed E-state index contributed by atoms with van der Waals surface area (Å²) in [6.45, 7) is 4.25. The molecule has 0 atom stereocenters. The molecule has 18 heavy (non-hydrogen) atoms. The monoisotopic (exact) mass is 263 g/mol. The third-order valence-corrected chi connectivity index (χ3v) is 2.88. The summed E-state index contributed by atoms with van der Waals surface area (Å²) < 4.78 is 5.58. The number of hydrogen-bond donors (Lipinski definition) is 1. The third kappa shape index (κ3) is 2.78. The molecular weight excluding hydrogens is 250 g/mol. The molecule has 0 aliphatic carbocycles. The van der Waals surface area contributed by atoms with Crippen LogP contribution in [0.25, 0.3) is 0 Å². The molecule has 0 aliphatic heterocycles. The van der Waals surface area contributed by atoms with Crippen molar-refractivity contribution >= 4 is 11.6 Å². The van der Waals surface area contributed by atoms with Crippen LogP contribution in [0.2, 0.25) is 5.02 Å². The Balaban J connectivity index is 2.28. The molecule has 1 aromatic carbocycles. The Morgan fingerprint density at radius 2 is 2.11 bits per heavy atom. The van der Waals surface area contributed by atoms with Crippen molar-refractivity contribution in [1.82, 2.24) is 9.97 Å². The van der Waals surface area contributed by atoms with Gasteiger partial charge in [-0.2, -0.15) is 4.98 Å². The molecule has 0 fully saturated rings. The van der Waals surface area contributed by atoms with E-state index in [0.717, 1.165) is 16.8 Å². The molecular formula is C13H14ClN3O. The lowest BCUT2D eigenvalue weighted by Gasteiger charge is -2.08. The average Bonchev–Trinajstić information content (AvgIpc) is 2.34. The molecule has 0 spiro atoms. The highest BCUT2D eigenvalue weighted by molar-refractivity contribution is 6.32. The summed E-state index contributed by atoms with van der Waals surface area (Å²) in [4.78, 5) is 8.34. The van der Waals surface area contributed by atoms with E-state index in [-0.39, 0.29) is 6.01 Å². The quantitative estimate of drug-likeness (QED) is 0.925. The van der Waals surface area contributed by atoms with E-state index in [1.54, 1.807) is 12.3 Å². The second-order valence-corrected chi connectivity index (χ2v) is 4.41. The summed E-state index contributed by atoms with van der Waals surface area (Å²) in [5.74, 6) is 0.552. The van der Waals surface area contributed by atoms with Crippen LogP contribution in [-0.2, 0) is 6.54 Å². The van der Waals surface area contributed by atoms with Gasteiger partial charge in [0.15, 0.2) is 0 Å². The molecule has 1 aromatic heterocycles. The molecule has 0 unspecified atom stereocenters. The van der Waals surface area contributed by atoms with E-state index in [2.05, 4.69) is 9.97 Å². The Morgan fingerprint density at radius 3 is 2.78 bits per heavy atom. The van der Waals surface area contributed by atoms with E-state index in [1.165, 1.54) is 0 Å². The number of halogens is 1. The lowest BCUT2D eigenvalue weighted by Crippen LogP contribution is -2.03. The molecule has 0 radical (unpaired) electrons. The van der Waals surface area contributed by atoms with Crippen molar-refractivity contribution in [1.29, 1.82) is 0 Å². The maximum Gasteiger partial charge on any atom is 0.322 e. The van der Waals surface area contributed by atoms with Crippen LogP contribution in [0.15, 0.2) is 24.4 Å². The number of nitrogens with two attached hydrogens (primary N) is 1. The zero-order chi connectivity index (χ0) is 13.1. The Hall–Kier alpha value is -1.65. The number of aromatic nitrogens is 2. The van der Waals surface area contributed by atoms with Gasteiger partial charge >= 0.3 is 6.01 Å². The average molecular weight is 264 g/mol. The number of benzene rings is 1. The maximum absolute atomic E-state index is 6.04. The van der Waals surface area contributed by atoms with Gasteiger partial charge in [0.05, 0.1) is 5.02 Å². The van der Waals surface area contributed by atoms with Gasteiger partial charge in [-0.3, -0.25) is 0 Å². The Morgan fingerprint density at radius 1 is 1.33 bits per heavy atom. The van der Waals surface area contributed by atoms with Crippen molar-refractivity contribution in [2.45, 2.75) is 20.4 Å². The minimum Gasteiger partial charge on any atom is -0.423 e. The number of aryl methyl sites for hydroxylation is 2. The molecule has 0 amide bonds. The lowest BCUT2D eigenvalue weighted by molar-refractivity contribution is 0.439. The zero-order valence-corrected chi connectivity index (χ0v) is 11.0. The van der Waals surface area contributed by atoms with Crippen molar-refractivity contribution in [2.75, 3.05) is 0 Å². The molecule has 2 rings (SSSR count). The highest BCUT2D eigenvalue weighted by atomic mass is 35.5. The second-order valence-electron chi connectivity index (χ2n) is 4.00. The number of hydrogen-bond acceptors (Lipinski definition) is 4. The minimum absolute atomic E-state index is 0.275. The van der Waals surface area contributed by atoms with E-state index in [1.807, 2.05) is 26.0 Å². The second kappa shape index (κ2) is 5.33. The van der Waals surface area contributed by atoms with Crippen molar-refractivity contribution in [3.05, 3.63) is 46.2 Å². The van der Waals surface area contributed by atoms with E-state index in [0.29, 0.717) is 17.3 Å². The van der Waals surface area contributed by atoms with Crippen LogP contribution in [0.4, 0.5) is 0 Å². The predicted octanol–water partition coefficient (Wildman–Crippen LogP) is 3.00. The molecule has 5 heteroatoms. The van der Waals surface area contributed by atoms with Gasteiger partial charge in [-0.15, -0.1) is 0 Å². The fraction of sp³-hybridized carbons (Fsp3) is 0.231. The molecule has 2 aromatic rings. The summed E-state index contributed by atoms with van der Waals surface area (Å²) in [6.07, 6.45) is 1.67. The summed E-state index contributed by atoms with van der Waals surface area (Å²) >= 11 is 6.04. The smallest absolute Gasteiger partial charge is 0.322 e. The maximum atomic E-state index is 6.04. The van der Waals surface area contributed by atoms with Gasteiger partial charge in [0, 0.05) is 24.0 Å². The highest BCUT2D eigenvalue weighted by Gasteiger charge is 2.07. The highest BCUT2D eigenvalue weighted by Crippen LogP contribution is 2.28. The van der Waals surface area contributed by atoms with Gasteiger partial charge in [0.1, 0.15) is 5.75 Å². The van der Waals surface area contributed by atoms with Crippen LogP contribution < -0.4 is 10.5 Å². The molecule has 4 nitrogen and oxygen atoms in total. The van der Waals surface area contributed by atoms with Crippen LogP contribution in [0.5, 0.6) is 11.8 Å². The fourth-order valence-electron chi connectivity index (χ4n) is 1.51. The van der Waals surface area contributed by atoms with Crippen molar-refractivity contribution < 1.29 is 4.74 Å². The molecule has 0 aliphatic rings. The normalized spacial score (nSPS) is 10.4. The summed E-state index contributed by atoms with van der Waals surface area (Å²) in [7, 11) is 0. The summed E-state index contributed by atoms with van der Waals surface area (Å²) in [6, 6.07) is 5.82. The van der Waals surface area contributed by atoms with Crippen LogP contribution >= 0.6 is 11.6 Å². The fourth-order valence-corrected chi connectivity index (χ4v) is 1.66. The predicted molar refractivity (Wildman–Crippen MR) is 70.9 cm³/mol. The molecule has 2 N–H and O–H groups in total. The first-order valence-electron chi connectivity index (χ1n) is 5.56. The Bertz CT molecular complexity index is 572. The van der Waals surface area contributed by atoms with E-state index in [9.17, 15) is 0 Å². The van der Waals surface area contributed by atoms with Gasteiger partial charge in [-0.05, 0) is 31.5 Å². The van der Waals surface area contributed by atoms with E-state index >= 15 is 0 Å². The Kier molecular flexibility index (Phi) is 3.79. The van der Waals surface area contributed by atoms with Crippen LogP contribution in [0, 0.1) is 13.8 Å². The van der Waals surface area contributed by atoms with Crippen molar-refractivity contribution in [3.63, 3.8) is 0 Å². The van der Waals surface area contributed by atoms with Gasteiger partial charge < -0.3 is 10.5 Å². The number of ether oxygens (including phenoxy) is 1. The van der Waals surface area contributed by atoms with Gasteiger partial charge in [0.2, 0.25) is 0 Å². The van der Waals surface area contributed by atoms with Gasteiger partial charge in [-0.1, -0.05) is 17.7 Å². The SMILES string of the molecule is Cc1ccc(Cl)c(Oc2ncc(CN)c(C)n2)c1. The topological polar surface area (TPSA) is 61.0 Å². The summed E-state index contributed by atoms with van der Waals surface area (Å²) in [5, 5.41) is 0.532. The molecule has 94 valence electrons. The first-order chi connectivity index (χ1) is 8.60. The molecule has 1 heterocycles. The van der Waals surface area contributed by atoms with Crippen LogP contribution in [0.3, 0.4) is 0 Å². The number of nitrogens with zero attached hydrogens (tertiary/aromatic N) is 2. The zero-order valence-electron chi connectivity index (χ0n) is 10.3. The van der Waals surface area contributed by atoms with Crippen LogP contribution in [0.1, 0.15) is 16.8 Å². The van der Waals surface area contributed by atoms with Crippen LogP contribution in [-0.4, -0.2) is 9.97 Å². The molecule has 0 saturated carbocycles. The largest absolute Gasteiger partial charge is 0.423 e.